The summed E-state index contributed by atoms with van der Waals surface area (Å²) >= 11 is 5.68. The number of rotatable bonds is 7. The van der Waals surface area contributed by atoms with E-state index in [1.807, 2.05) is 12.1 Å². The fraction of sp³-hybridized carbons (Fsp3) is 0.312. The minimum absolute atomic E-state index is 0.238. The quantitative estimate of drug-likeness (QED) is 0.606. The number of benzene rings is 1. The third kappa shape index (κ3) is 4.71. The Labute approximate surface area is 136 Å². The third-order valence-electron chi connectivity index (χ3n) is 3.28. The molecule has 4 nitrogen and oxygen atoms in total. The van der Waals surface area contributed by atoms with E-state index < -0.39 is 10.0 Å². The molecule has 1 N–H and O–H groups in total. The van der Waals surface area contributed by atoms with Gasteiger partial charge in [-0.15, -0.1) is 0 Å². The van der Waals surface area contributed by atoms with Crippen LogP contribution in [0.25, 0.3) is 0 Å². The fourth-order valence-corrected chi connectivity index (χ4v) is 3.22. The zero-order chi connectivity index (χ0) is 16.0. The van der Waals surface area contributed by atoms with Gasteiger partial charge in [0.1, 0.15) is 5.15 Å². The van der Waals surface area contributed by atoms with Gasteiger partial charge in [-0.25, -0.2) is 13.4 Å². The first-order valence-electron chi connectivity index (χ1n) is 7.24. The second-order valence-corrected chi connectivity index (χ2v) is 7.15. The van der Waals surface area contributed by atoms with Crippen LogP contribution in [0.4, 0.5) is 5.69 Å². The van der Waals surface area contributed by atoms with Crippen molar-refractivity contribution in [2.75, 3.05) is 4.72 Å². The molecule has 1 aromatic heterocycles. The minimum atomic E-state index is -3.60. The second-order valence-electron chi connectivity index (χ2n) is 5.08. The summed E-state index contributed by atoms with van der Waals surface area (Å²) < 4.78 is 27.1. The van der Waals surface area contributed by atoms with Gasteiger partial charge in [0.2, 0.25) is 0 Å². The summed E-state index contributed by atoms with van der Waals surface area (Å²) in [6.07, 6.45) is 5.84. The predicted octanol–water partition coefficient (Wildman–Crippen LogP) is 4.27. The molecule has 6 heteroatoms. The van der Waals surface area contributed by atoms with Gasteiger partial charge in [0, 0.05) is 0 Å². The summed E-state index contributed by atoms with van der Waals surface area (Å²) in [5.41, 5.74) is 1.54. The van der Waals surface area contributed by atoms with Crippen LogP contribution in [0.3, 0.4) is 0 Å². The smallest absolute Gasteiger partial charge is 0.261 e. The second kappa shape index (κ2) is 7.61. The highest BCUT2D eigenvalue weighted by atomic mass is 35.5. The van der Waals surface area contributed by atoms with Crippen molar-refractivity contribution >= 4 is 27.3 Å². The number of aromatic nitrogens is 1. The molecule has 0 aliphatic heterocycles. The van der Waals surface area contributed by atoms with Crippen molar-refractivity contribution in [2.24, 2.45) is 0 Å². The summed E-state index contributed by atoms with van der Waals surface area (Å²) in [5, 5.41) is 0.319. The molecule has 0 amide bonds. The van der Waals surface area contributed by atoms with Gasteiger partial charge in [0.25, 0.3) is 10.0 Å². The van der Waals surface area contributed by atoms with E-state index >= 15 is 0 Å². The molecule has 0 saturated carbocycles. The minimum Gasteiger partial charge on any atom is -0.278 e. The Hall–Kier alpha value is -1.59. The lowest BCUT2D eigenvalue weighted by atomic mass is 10.1. The number of hydrogen-bond acceptors (Lipinski definition) is 3. The Morgan fingerprint density at radius 3 is 2.41 bits per heavy atom. The van der Waals surface area contributed by atoms with Crippen molar-refractivity contribution in [1.82, 2.24) is 4.98 Å². The van der Waals surface area contributed by atoms with E-state index in [1.165, 1.54) is 25.1 Å². The van der Waals surface area contributed by atoms with Crippen LogP contribution in [0.2, 0.25) is 5.15 Å². The molecule has 2 rings (SSSR count). The molecule has 1 heterocycles. The highest BCUT2D eigenvalue weighted by molar-refractivity contribution is 7.92. The highest BCUT2D eigenvalue weighted by Crippen LogP contribution is 2.18. The Kier molecular flexibility index (Phi) is 5.80. The number of hydrogen-bond donors (Lipinski definition) is 1. The number of sulfonamides is 1. The number of pyridine rings is 1. The molecule has 22 heavy (non-hydrogen) atoms. The number of aryl methyl sites for hydroxylation is 1. The molecule has 0 spiro atoms. The monoisotopic (exact) mass is 338 g/mol. The lowest BCUT2D eigenvalue weighted by molar-refractivity contribution is 0.601. The van der Waals surface area contributed by atoms with E-state index in [0.717, 1.165) is 18.4 Å². The van der Waals surface area contributed by atoms with Gasteiger partial charge >= 0.3 is 0 Å². The van der Waals surface area contributed by atoms with Crippen LogP contribution in [0, 0.1) is 0 Å². The van der Waals surface area contributed by atoms with Crippen LogP contribution in [-0.4, -0.2) is 13.4 Å². The van der Waals surface area contributed by atoms with Crippen LogP contribution in [0.5, 0.6) is 0 Å². The zero-order valence-electron chi connectivity index (χ0n) is 12.4. The van der Waals surface area contributed by atoms with Gasteiger partial charge in [0.15, 0.2) is 0 Å². The molecule has 0 aliphatic carbocycles. The van der Waals surface area contributed by atoms with Crippen molar-refractivity contribution in [3.8, 4) is 0 Å². The third-order valence-corrected chi connectivity index (χ3v) is 4.90. The SMILES string of the molecule is CCCCCc1ccc(S(=O)(=O)Nc2ccc(Cl)nc2)cc1. The molecule has 0 aliphatic rings. The van der Waals surface area contributed by atoms with Gasteiger partial charge in [-0.1, -0.05) is 43.5 Å². The van der Waals surface area contributed by atoms with Crippen molar-refractivity contribution in [3.05, 3.63) is 53.3 Å². The summed E-state index contributed by atoms with van der Waals surface area (Å²) in [5.74, 6) is 0. The average Bonchev–Trinajstić information content (AvgIpc) is 2.50. The van der Waals surface area contributed by atoms with E-state index in [9.17, 15) is 8.42 Å². The Morgan fingerprint density at radius 2 is 1.82 bits per heavy atom. The van der Waals surface area contributed by atoms with E-state index in [2.05, 4.69) is 16.6 Å². The number of anilines is 1. The van der Waals surface area contributed by atoms with Crippen LogP contribution in [0.1, 0.15) is 31.7 Å². The molecule has 0 radical (unpaired) electrons. The number of nitrogens with zero attached hydrogens (tertiary/aromatic N) is 1. The molecule has 2 aromatic rings. The molecule has 118 valence electrons. The van der Waals surface area contributed by atoms with Crippen molar-refractivity contribution < 1.29 is 8.42 Å². The van der Waals surface area contributed by atoms with Gasteiger partial charge < -0.3 is 0 Å². The van der Waals surface area contributed by atoms with Crippen molar-refractivity contribution in [1.29, 1.82) is 0 Å². The summed E-state index contributed by atoms with van der Waals surface area (Å²) in [6.45, 7) is 2.16. The number of unbranched alkanes of at least 4 members (excludes halogenated alkanes) is 2. The normalized spacial score (nSPS) is 11.4. The fourth-order valence-electron chi connectivity index (χ4n) is 2.06. The Bertz CT molecular complexity index is 698. The highest BCUT2D eigenvalue weighted by Gasteiger charge is 2.14. The standard InChI is InChI=1S/C16H19ClN2O2S/c1-2-3-4-5-13-6-9-15(10-7-13)22(20,21)19-14-8-11-16(17)18-12-14/h6-12,19H,2-5H2,1H3. The summed E-state index contributed by atoms with van der Waals surface area (Å²) in [7, 11) is -3.60. The van der Waals surface area contributed by atoms with Gasteiger partial charge in [-0.05, 0) is 42.7 Å². The van der Waals surface area contributed by atoms with Crippen molar-refractivity contribution in [2.45, 2.75) is 37.5 Å². The first kappa shape index (κ1) is 16.8. The Morgan fingerprint density at radius 1 is 1.09 bits per heavy atom. The molecule has 0 atom stereocenters. The van der Waals surface area contributed by atoms with Gasteiger partial charge in [0.05, 0.1) is 16.8 Å². The van der Waals surface area contributed by atoms with E-state index in [0.29, 0.717) is 10.8 Å². The van der Waals surface area contributed by atoms with E-state index in [1.54, 1.807) is 18.2 Å². The van der Waals surface area contributed by atoms with E-state index in [4.69, 9.17) is 11.6 Å². The summed E-state index contributed by atoms with van der Waals surface area (Å²) in [6, 6.07) is 10.1. The van der Waals surface area contributed by atoms with Crippen LogP contribution in [-0.2, 0) is 16.4 Å². The maximum absolute atomic E-state index is 12.3. The maximum atomic E-state index is 12.3. The molecule has 0 bridgehead atoms. The van der Waals surface area contributed by atoms with Crippen LogP contribution >= 0.6 is 11.6 Å². The molecule has 0 fully saturated rings. The molecular formula is C16H19ClN2O2S. The zero-order valence-corrected chi connectivity index (χ0v) is 14.0. The van der Waals surface area contributed by atoms with Crippen LogP contribution < -0.4 is 4.72 Å². The Balaban J connectivity index is 2.07. The van der Waals surface area contributed by atoms with E-state index in [-0.39, 0.29) is 4.90 Å². The van der Waals surface area contributed by atoms with Gasteiger partial charge in [-0.2, -0.15) is 0 Å². The lowest BCUT2D eigenvalue weighted by Gasteiger charge is -2.08. The molecule has 0 unspecified atom stereocenters. The topological polar surface area (TPSA) is 59.1 Å². The maximum Gasteiger partial charge on any atom is 0.261 e. The lowest BCUT2D eigenvalue weighted by Crippen LogP contribution is -2.13. The number of halogens is 1. The molecule has 0 saturated heterocycles. The molecular weight excluding hydrogens is 320 g/mol. The summed E-state index contributed by atoms with van der Waals surface area (Å²) in [4.78, 5) is 4.09. The average molecular weight is 339 g/mol. The van der Waals surface area contributed by atoms with Crippen LogP contribution in [0.15, 0.2) is 47.5 Å². The first-order valence-corrected chi connectivity index (χ1v) is 9.10. The molecule has 1 aromatic carbocycles. The van der Waals surface area contributed by atoms with Crippen molar-refractivity contribution in [3.63, 3.8) is 0 Å². The predicted molar refractivity (Wildman–Crippen MR) is 89.7 cm³/mol. The number of nitrogens with one attached hydrogen (secondary N) is 1. The first-order chi connectivity index (χ1) is 10.5. The largest absolute Gasteiger partial charge is 0.278 e. The van der Waals surface area contributed by atoms with Gasteiger partial charge in [-0.3, -0.25) is 4.72 Å².